The highest BCUT2D eigenvalue weighted by atomic mass is 16.5. The highest BCUT2D eigenvalue weighted by Crippen LogP contribution is 2.19. The third-order valence-corrected chi connectivity index (χ3v) is 3.53. The molecule has 1 heterocycles. The van der Waals surface area contributed by atoms with E-state index in [9.17, 15) is 4.79 Å². The summed E-state index contributed by atoms with van der Waals surface area (Å²) in [5.74, 6) is 1.28. The number of para-hydroxylation sites is 2. The van der Waals surface area contributed by atoms with Gasteiger partial charge >= 0.3 is 0 Å². The van der Waals surface area contributed by atoms with Crippen LogP contribution in [0.25, 0.3) is 11.0 Å². The molecule has 5 heteroatoms. The molecule has 0 aliphatic carbocycles. The van der Waals surface area contributed by atoms with Crippen molar-refractivity contribution in [3.63, 3.8) is 0 Å². The number of aromatic amines is 1. The summed E-state index contributed by atoms with van der Waals surface area (Å²) in [4.78, 5) is 19.8. The molecular weight excluding hydrogens is 278 g/mol. The largest absolute Gasteiger partial charge is 0.496 e. The lowest BCUT2D eigenvalue weighted by Crippen LogP contribution is -2.23. The van der Waals surface area contributed by atoms with Crippen LogP contribution in [0, 0.1) is 6.92 Å². The molecule has 0 bridgehead atoms. The van der Waals surface area contributed by atoms with Crippen LogP contribution >= 0.6 is 0 Å². The second kappa shape index (κ2) is 5.89. The first-order valence-electron chi connectivity index (χ1n) is 7.04. The number of amides is 1. The molecular formula is C17H17N3O2. The van der Waals surface area contributed by atoms with Crippen LogP contribution in [-0.2, 0) is 6.54 Å². The van der Waals surface area contributed by atoms with Crippen molar-refractivity contribution in [3.8, 4) is 5.75 Å². The number of benzene rings is 2. The highest BCUT2D eigenvalue weighted by Gasteiger charge is 2.09. The fourth-order valence-corrected chi connectivity index (χ4v) is 2.32. The van der Waals surface area contributed by atoms with Gasteiger partial charge in [-0.3, -0.25) is 4.79 Å². The third kappa shape index (κ3) is 2.79. The van der Waals surface area contributed by atoms with Gasteiger partial charge < -0.3 is 15.0 Å². The van der Waals surface area contributed by atoms with E-state index < -0.39 is 0 Å². The van der Waals surface area contributed by atoms with Gasteiger partial charge in [-0.2, -0.15) is 0 Å². The van der Waals surface area contributed by atoms with Gasteiger partial charge in [-0.25, -0.2) is 4.98 Å². The first-order chi connectivity index (χ1) is 10.7. The van der Waals surface area contributed by atoms with E-state index in [-0.39, 0.29) is 5.91 Å². The number of aromatic nitrogens is 2. The fraction of sp³-hybridized carbons (Fsp3) is 0.176. The number of nitrogens with one attached hydrogen (secondary N) is 2. The molecule has 0 spiro atoms. The molecule has 3 rings (SSSR count). The molecule has 0 radical (unpaired) electrons. The molecule has 112 valence electrons. The Morgan fingerprint density at radius 2 is 2.09 bits per heavy atom. The molecule has 1 aromatic heterocycles. The van der Waals surface area contributed by atoms with Crippen molar-refractivity contribution in [1.82, 2.24) is 15.3 Å². The van der Waals surface area contributed by atoms with Crippen molar-refractivity contribution in [2.45, 2.75) is 13.5 Å². The van der Waals surface area contributed by atoms with E-state index in [0.717, 1.165) is 22.4 Å². The van der Waals surface area contributed by atoms with Gasteiger partial charge in [-0.1, -0.05) is 18.2 Å². The summed E-state index contributed by atoms with van der Waals surface area (Å²) in [5.41, 5.74) is 3.42. The van der Waals surface area contributed by atoms with E-state index in [2.05, 4.69) is 15.3 Å². The average Bonchev–Trinajstić information content (AvgIpc) is 2.96. The van der Waals surface area contributed by atoms with Crippen LogP contribution in [0.4, 0.5) is 0 Å². The van der Waals surface area contributed by atoms with E-state index in [1.54, 1.807) is 19.2 Å². The third-order valence-electron chi connectivity index (χ3n) is 3.53. The maximum absolute atomic E-state index is 12.2. The van der Waals surface area contributed by atoms with Crippen molar-refractivity contribution in [2.75, 3.05) is 7.11 Å². The number of hydrogen-bond acceptors (Lipinski definition) is 3. The average molecular weight is 295 g/mol. The predicted octanol–water partition coefficient (Wildman–Crippen LogP) is 2.81. The summed E-state index contributed by atoms with van der Waals surface area (Å²) >= 11 is 0. The molecule has 0 aliphatic rings. The lowest BCUT2D eigenvalue weighted by atomic mass is 10.1. The van der Waals surface area contributed by atoms with Crippen LogP contribution in [0.5, 0.6) is 5.75 Å². The number of fused-ring (bicyclic) bond motifs is 1. The van der Waals surface area contributed by atoms with Crippen molar-refractivity contribution in [2.24, 2.45) is 0 Å². The van der Waals surface area contributed by atoms with Crippen molar-refractivity contribution < 1.29 is 9.53 Å². The maximum Gasteiger partial charge on any atom is 0.251 e. The molecule has 2 N–H and O–H groups in total. The second-order valence-corrected chi connectivity index (χ2v) is 5.07. The number of H-pyrrole nitrogens is 1. The Labute approximate surface area is 128 Å². The van der Waals surface area contributed by atoms with E-state index in [0.29, 0.717) is 17.9 Å². The number of methoxy groups -OCH3 is 1. The molecule has 5 nitrogen and oxygen atoms in total. The molecule has 0 saturated heterocycles. The molecule has 1 amide bonds. The zero-order valence-electron chi connectivity index (χ0n) is 12.5. The molecule has 3 aromatic rings. The van der Waals surface area contributed by atoms with Gasteiger partial charge in [0.15, 0.2) is 0 Å². The molecule has 0 aliphatic heterocycles. The Hall–Kier alpha value is -2.82. The van der Waals surface area contributed by atoms with E-state index in [1.165, 1.54) is 0 Å². The molecule has 2 aromatic carbocycles. The number of carbonyl (C=O) groups is 1. The summed E-state index contributed by atoms with van der Waals surface area (Å²) in [6, 6.07) is 13.2. The predicted molar refractivity (Wildman–Crippen MR) is 85.0 cm³/mol. The quantitative estimate of drug-likeness (QED) is 0.777. The summed E-state index contributed by atoms with van der Waals surface area (Å²) in [7, 11) is 1.60. The van der Waals surface area contributed by atoms with Gasteiger partial charge in [0.25, 0.3) is 5.91 Å². The Kier molecular flexibility index (Phi) is 3.78. The minimum atomic E-state index is -0.154. The Bertz CT molecular complexity index is 791. The number of aryl methyl sites for hydroxylation is 1. The normalized spacial score (nSPS) is 10.6. The lowest BCUT2D eigenvalue weighted by Gasteiger charge is -2.08. The number of hydrogen-bond donors (Lipinski definition) is 2. The Balaban J connectivity index is 1.71. The number of imidazole rings is 1. The number of rotatable bonds is 4. The second-order valence-electron chi connectivity index (χ2n) is 5.07. The maximum atomic E-state index is 12.2. The molecule has 0 saturated carbocycles. The fourth-order valence-electron chi connectivity index (χ4n) is 2.32. The number of ether oxygens (including phenoxy) is 1. The Morgan fingerprint density at radius 1 is 1.27 bits per heavy atom. The van der Waals surface area contributed by atoms with E-state index >= 15 is 0 Å². The topological polar surface area (TPSA) is 67.0 Å². The molecule has 0 atom stereocenters. The lowest BCUT2D eigenvalue weighted by molar-refractivity contribution is 0.0949. The van der Waals surface area contributed by atoms with Gasteiger partial charge in [0.1, 0.15) is 11.6 Å². The van der Waals surface area contributed by atoms with Gasteiger partial charge in [-0.15, -0.1) is 0 Å². The molecule has 0 fully saturated rings. The minimum absolute atomic E-state index is 0.154. The van der Waals surface area contributed by atoms with Gasteiger partial charge in [0, 0.05) is 5.56 Å². The van der Waals surface area contributed by atoms with Crippen LogP contribution < -0.4 is 10.1 Å². The SMILES string of the molecule is COc1cc(C(=O)NCc2nc3ccccc3[nH]2)ccc1C. The van der Waals surface area contributed by atoms with Crippen LogP contribution in [0.3, 0.4) is 0 Å². The summed E-state index contributed by atoms with van der Waals surface area (Å²) in [6.07, 6.45) is 0. The zero-order chi connectivity index (χ0) is 15.5. The van der Waals surface area contributed by atoms with Gasteiger partial charge in [0.05, 0.1) is 24.7 Å². The summed E-state index contributed by atoms with van der Waals surface area (Å²) in [6.45, 7) is 2.29. The van der Waals surface area contributed by atoms with Crippen molar-refractivity contribution in [3.05, 3.63) is 59.4 Å². The first kappa shape index (κ1) is 14.1. The number of carbonyl (C=O) groups excluding carboxylic acids is 1. The van der Waals surface area contributed by atoms with Crippen molar-refractivity contribution in [1.29, 1.82) is 0 Å². The molecule has 22 heavy (non-hydrogen) atoms. The monoisotopic (exact) mass is 295 g/mol. The number of nitrogens with zero attached hydrogens (tertiary/aromatic N) is 1. The first-order valence-corrected chi connectivity index (χ1v) is 7.04. The Morgan fingerprint density at radius 3 is 2.86 bits per heavy atom. The van der Waals surface area contributed by atoms with Crippen LogP contribution in [0.15, 0.2) is 42.5 Å². The van der Waals surface area contributed by atoms with Crippen LogP contribution in [0.1, 0.15) is 21.7 Å². The zero-order valence-corrected chi connectivity index (χ0v) is 12.5. The van der Waals surface area contributed by atoms with E-state index in [1.807, 2.05) is 37.3 Å². The van der Waals surface area contributed by atoms with Crippen LogP contribution in [0.2, 0.25) is 0 Å². The van der Waals surface area contributed by atoms with Crippen LogP contribution in [-0.4, -0.2) is 23.0 Å². The van der Waals surface area contributed by atoms with Crippen molar-refractivity contribution >= 4 is 16.9 Å². The van der Waals surface area contributed by atoms with Gasteiger partial charge in [-0.05, 0) is 36.8 Å². The minimum Gasteiger partial charge on any atom is -0.496 e. The van der Waals surface area contributed by atoms with E-state index in [4.69, 9.17) is 4.74 Å². The smallest absolute Gasteiger partial charge is 0.251 e. The standard InChI is InChI=1S/C17H17N3O2/c1-11-7-8-12(9-15(11)22-2)17(21)18-10-16-19-13-5-3-4-6-14(13)20-16/h3-9H,10H2,1-2H3,(H,18,21)(H,19,20). The highest BCUT2D eigenvalue weighted by molar-refractivity contribution is 5.94. The summed E-state index contributed by atoms with van der Waals surface area (Å²) < 4.78 is 5.24. The summed E-state index contributed by atoms with van der Waals surface area (Å²) in [5, 5.41) is 2.86. The van der Waals surface area contributed by atoms with Gasteiger partial charge in [0.2, 0.25) is 0 Å². The molecule has 0 unspecified atom stereocenters.